The van der Waals surface area contributed by atoms with Crippen LogP contribution in [0.4, 0.5) is 0 Å². The summed E-state index contributed by atoms with van der Waals surface area (Å²) in [5.41, 5.74) is 0. The van der Waals surface area contributed by atoms with Crippen LogP contribution >= 0.6 is 11.8 Å². The Morgan fingerprint density at radius 3 is 2.83 bits per heavy atom. The van der Waals surface area contributed by atoms with E-state index in [1.165, 1.54) is 0 Å². The van der Waals surface area contributed by atoms with Crippen molar-refractivity contribution in [3.05, 3.63) is 23.2 Å². The van der Waals surface area contributed by atoms with Crippen LogP contribution in [0.2, 0.25) is 0 Å². The van der Waals surface area contributed by atoms with Gasteiger partial charge in [0.25, 0.3) is 0 Å². The van der Waals surface area contributed by atoms with Gasteiger partial charge in [-0.1, -0.05) is 11.8 Å². The van der Waals surface area contributed by atoms with Crippen molar-refractivity contribution in [1.29, 1.82) is 0 Å². The molecule has 0 bridgehead atoms. The molecule has 2 heteroatoms. The van der Waals surface area contributed by atoms with E-state index in [2.05, 4.69) is 10.7 Å². The molecule has 0 unspecified atom stereocenters. The van der Waals surface area contributed by atoms with Gasteiger partial charge in [0, 0.05) is 17.8 Å². The normalized spacial score (nSPS) is 17.3. The molecule has 0 spiro atoms. The second kappa shape index (κ2) is 1.92. The summed E-state index contributed by atoms with van der Waals surface area (Å²) >= 11 is 1.55. The topological polar surface area (TPSA) is 12.0 Å². The molecule has 1 aliphatic rings. The largest absolute Gasteiger partial charge is 0.366 e. The van der Waals surface area contributed by atoms with E-state index in [1.54, 1.807) is 18.0 Å². The van der Waals surface area contributed by atoms with Crippen LogP contribution in [0.15, 0.2) is 17.8 Å². The fraction of sp³-hybridized carbons (Fsp3) is 0. The van der Waals surface area contributed by atoms with E-state index >= 15 is 0 Å². The third-order valence-electron chi connectivity index (χ3n) is 0.443. The Hall–Kier alpha value is -0.370. The maximum atomic E-state index is 2.88. The van der Waals surface area contributed by atoms with E-state index in [1.807, 2.05) is 11.6 Å². The molecule has 0 atom stereocenters. The summed E-state index contributed by atoms with van der Waals surface area (Å²) in [7, 11) is 0. The summed E-state index contributed by atoms with van der Waals surface area (Å²) in [6.45, 7) is 0. The third-order valence-corrected chi connectivity index (χ3v) is 0.969. The zero-order valence-electron chi connectivity index (χ0n) is 3.14. The molecule has 0 aromatic carbocycles. The number of thioether (sulfide) groups is 1. The Morgan fingerprint density at radius 2 is 2.67 bits per heavy atom. The summed E-state index contributed by atoms with van der Waals surface area (Å²) in [5, 5.41) is 7.66. The van der Waals surface area contributed by atoms with Gasteiger partial charge in [0.05, 0.1) is 0 Å². The molecule has 0 amide bonds. The zero-order chi connectivity index (χ0) is 4.24. The van der Waals surface area contributed by atoms with Gasteiger partial charge in [0.15, 0.2) is 0 Å². The van der Waals surface area contributed by atoms with E-state index < -0.39 is 0 Å². The summed E-state index contributed by atoms with van der Waals surface area (Å²) < 4.78 is 0. The van der Waals surface area contributed by atoms with Crippen molar-refractivity contribution in [3.8, 4) is 0 Å². The van der Waals surface area contributed by atoms with Crippen LogP contribution in [-0.2, 0) is 0 Å². The van der Waals surface area contributed by atoms with Crippen molar-refractivity contribution >= 4 is 11.8 Å². The van der Waals surface area contributed by atoms with Gasteiger partial charge in [-0.05, 0) is 5.41 Å². The molecule has 0 fully saturated rings. The van der Waals surface area contributed by atoms with E-state index in [9.17, 15) is 0 Å². The number of nitrogens with one attached hydrogen (secondary N) is 1. The first-order valence-electron chi connectivity index (χ1n) is 1.64. The lowest BCUT2D eigenvalue weighted by molar-refractivity contribution is 1.20. The molecular weight excluding hydrogens is 94.1 g/mol. The van der Waals surface area contributed by atoms with Crippen LogP contribution in [0.25, 0.3) is 0 Å². The molecule has 6 heavy (non-hydrogen) atoms. The molecule has 1 N–H and O–H groups in total. The average molecular weight is 98.2 g/mol. The molecule has 1 radical (unpaired) electrons. The van der Waals surface area contributed by atoms with E-state index in [4.69, 9.17) is 0 Å². The Kier molecular flexibility index (Phi) is 1.22. The second-order valence-electron chi connectivity index (χ2n) is 0.849. The minimum atomic E-state index is 1.55. The van der Waals surface area contributed by atoms with Crippen molar-refractivity contribution < 1.29 is 0 Å². The van der Waals surface area contributed by atoms with Gasteiger partial charge in [-0.25, -0.2) is 0 Å². The number of rotatable bonds is 0. The van der Waals surface area contributed by atoms with Gasteiger partial charge >= 0.3 is 0 Å². The minimum Gasteiger partial charge on any atom is -0.366 e. The highest BCUT2D eigenvalue weighted by atomic mass is 32.2. The van der Waals surface area contributed by atoms with Crippen LogP contribution in [0, 0.1) is 5.41 Å². The van der Waals surface area contributed by atoms with Crippen molar-refractivity contribution in [2.24, 2.45) is 0 Å². The zero-order valence-corrected chi connectivity index (χ0v) is 3.96. The Labute approximate surface area is 41.1 Å². The lowest BCUT2D eigenvalue weighted by Gasteiger charge is -1.90. The molecule has 0 saturated carbocycles. The van der Waals surface area contributed by atoms with Gasteiger partial charge in [0.1, 0.15) is 0 Å². The fourth-order valence-corrected chi connectivity index (χ4v) is 0.590. The van der Waals surface area contributed by atoms with Crippen LogP contribution in [0.5, 0.6) is 0 Å². The van der Waals surface area contributed by atoms with E-state index in [0.717, 1.165) is 0 Å². The predicted octanol–water partition coefficient (Wildman–Crippen LogP) is 1.07. The predicted molar refractivity (Wildman–Crippen MR) is 27.7 cm³/mol. The summed E-state index contributed by atoms with van der Waals surface area (Å²) in [6, 6.07) is 0. The van der Waals surface area contributed by atoms with Gasteiger partial charge in [-0.2, -0.15) is 0 Å². The van der Waals surface area contributed by atoms with Crippen LogP contribution in [0.3, 0.4) is 0 Å². The Morgan fingerprint density at radius 1 is 1.67 bits per heavy atom. The van der Waals surface area contributed by atoms with Gasteiger partial charge < -0.3 is 5.32 Å². The Bertz CT molecular complexity index is 65.5. The van der Waals surface area contributed by atoms with Crippen molar-refractivity contribution in [1.82, 2.24) is 5.32 Å². The van der Waals surface area contributed by atoms with Crippen molar-refractivity contribution in [2.75, 3.05) is 0 Å². The molecule has 0 saturated heterocycles. The molecular formula is C4H4NS. The fourth-order valence-electron chi connectivity index (χ4n) is 0.229. The molecule has 0 aliphatic carbocycles. The lowest BCUT2D eigenvalue weighted by Crippen LogP contribution is -1.91. The van der Waals surface area contributed by atoms with Crippen LogP contribution < -0.4 is 5.32 Å². The standard InChI is InChI=1S/C4H4NS/c1-3-6-4-2-5-1/h1-3,5H. The monoisotopic (exact) mass is 98.0 g/mol. The molecule has 1 nitrogen and oxygen atoms in total. The van der Waals surface area contributed by atoms with Crippen LogP contribution in [0.1, 0.15) is 0 Å². The van der Waals surface area contributed by atoms with Gasteiger partial charge in [0.2, 0.25) is 0 Å². The molecule has 31 valence electrons. The SMILES string of the molecule is [C]1=CNC=CS1. The molecule has 0 aromatic heterocycles. The highest BCUT2D eigenvalue weighted by molar-refractivity contribution is 8.03. The van der Waals surface area contributed by atoms with E-state index in [0.29, 0.717) is 0 Å². The average Bonchev–Trinajstić information content (AvgIpc) is 1.72. The summed E-state index contributed by atoms with van der Waals surface area (Å²) in [5.74, 6) is 0. The Balaban J connectivity index is 2.40. The molecule has 1 aliphatic heterocycles. The van der Waals surface area contributed by atoms with Crippen LogP contribution in [-0.4, -0.2) is 0 Å². The van der Waals surface area contributed by atoms with E-state index in [-0.39, 0.29) is 0 Å². The number of hydrogen-bond donors (Lipinski definition) is 1. The molecule has 1 rings (SSSR count). The second-order valence-corrected chi connectivity index (χ2v) is 1.59. The summed E-state index contributed by atoms with van der Waals surface area (Å²) in [4.78, 5) is 0. The third kappa shape index (κ3) is 0.792. The molecule has 1 heterocycles. The van der Waals surface area contributed by atoms with Crippen molar-refractivity contribution in [3.63, 3.8) is 0 Å². The minimum absolute atomic E-state index is 1.55. The first-order valence-corrected chi connectivity index (χ1v) is 2.52. The highest BCUT2D eigenvalue weighted by Crippen LogP contribution is 2.02. The smallest absolute Gasteiger partial charge is 0.0431 e. The highest BCUT2D eigenvalue weighted by Gasteiger charge is 1.75. The van der Waals surface area contributed by atoms with Gasteiger partial charge in [-0.15, -0.1) is 0 Å². The number of hydrogen-bond acceptors (Lipinski definition) is 2. The molecule has 0 aromatic rings. The maximum Gasteiger partial charge on any atom is 0.0431 e. The summed E-state index contributed by atoms with van der Waals surface area (Å²) in [6.07, 6.45) is 3.63. The first-order chi connectivity index (χ1) is 3.00. The quantitative estimate of drug-likeness (QED) is 0.486. The van der Waals surface area contributed by atoms with Crippen molar-refractivity contribution in [2.45, 2.75) is 0 Å². The first kappa shape index (κ1) is 3.81. The maximum absolute atomic E-state index is 2.88. The lowest BCUT2D eigenvalue weighted by atomic mass is 10.9. The van der Waals surface area contributed by atoms with Gasteiger partial charge in [-0.3, -0.25) is 0 Å².